The summed E-state index contributed by atoms with van der Waals surface area (Å²) < 4.78 is 10.8. The fourth-order valence-electron chi connectivity index (χ4n) is 2.44. The number of anilines is 1. The lowest BCUT2D eigenvalue weighted by molar-refractivity contribution is -0.115. The Labute approximate surface area is 148 Å². The average Bonchev–Trinajstić information content (AvgIpc) is 2.99. The number of benzene rings is 1. The molecule has 0 unspecified atom stereocenters. The fourth-order valence-corrected chi connectivity index (χ4v) is 2.67. The van der Waals surface area contributed by atoms with Crippen molar-refractivity contribution in [1.29, 1.82) is 0 Å². The molecule has 0 spiro atoms. The predicted molar refractivity (Wildman–Crippen MR) is 95.0 cm³/mol. The molecular weight excluding hydrogens is 339 g/mol. The highest BCUT2D eigenvalue weighted by molar-refractivity contribution is 6.32. The van der Waals surface area contributed by atoms with Gasteiger partial charge in [0, 0.05) is 19.3 Å². The lowest BCUT2D eigenvalue weighted by Gasteiger charge is -2.15. The quantitative estimate of drug-likeness (QED) is 0.696. The van der Waals surface area contributed by atoms with Crippen LogP contribution in [0, 0.1) is 0 Å². The van der Waals surface area contributed by atoms with Gasteiger partial charge in [-0.3, -0.25) is 4.79 Å². The van der Waals surface area contributed by atoms with E-state index in [9.17, 15) is 4.79 Å². The Hall–Kier alpha value is -1.01. The van der Waals surface area contributed by atoms with Crippen molar-refractivity contribution in [1.82, 2.24) is 5.32 Å². The molecule has 0 radical (unpaired) electrons. The highest BCUT2D eigenvalue weighted by Gasteiger charge is 2.17. The second-order valence-corrected chi connectivity index (χ2v) is 5.79. The van der Waals surface area contributed by atoms with Crippen LogP contribution in [0.15, 0.2) is 18.2 Å². The molecule has 7 heteroatoms. The Bertz CT molecular complexity index is 494. The minimum absolute atomic E-state index is 0. The molecule has 0 heterocycles. The molecule has 0 bridgehead atoms. The molecule has 1 aliphatic rings. The van der Waals surface area contributed by atoms with Crippen molar-refractivity contribution in [3.63, 3.8) is 0 Å². The van der Waals surface area contributed by atoms with Crippen molar-refractivity contribution in [2.45, 2.75) is 31.8 Å². The summed E-state index contributed by atoms with van der Waals surface area (Å²) in [5, 5.41) is 6.31. The zero-order valence-corrected chi connectivity index (χ0v) is 14.8. The summed E-state index contributed by atoms with van der Waals surface area (Å²) in [6.07, 6.45) is 4.87. The molecule has 0 atom stereocenters. The first-order chi connectivity index (χ1) is 10.7. The molecule has 1 aliphatic carbocycles. The van der Waals surface area contributed by atoms with Gasteiger partial charge in [0.15, 0.2) is 0 Å². The molecular formula is C16H24Cl2N2O3. The summed E-state index contributed by atoms with van der Waals surface area (Å²) in [7, 11) is 1.62. The largest absolute Gasteiger partial charge is 0.489 e. The Morgan fingerprint density at radius 2 is 2.09 bits per heavy atom. The van der Waals surface area contributed by atoms with Crippen LogP contribution in [0.4, 0.5) is 5.69 Å². The molecule has 2 N–H and O–H groups in total. The number of halogens is 2. The van der Waals surface area contributed by atoms with E-state index in [-0.39, 0.29) is 31.0 Å². The van der Waals surface area contributed by atoms with E-state index in [0.717, 1.165) is 12.8 Å². The number of rotatable bonds is 8. The van der Waals surface area contributed by atoms with Gasteiger partial charge >= 0.3 is 0 Å². The van der Waals surface area contributed by atoms with Gasteiger partial charge in [-0.2, -0.15) is 0 Å². The summed E-state index contributed by atoms with van der Waals surface area (Å²) in [6.45, 7) is 1.45. The molecule has 2 rings (SSSR count). The lowest BCUT2D eigenvalue weighted by Crippen LogP contribution is -2.30. The molecule has 1 saturated carbocycles. The number of nitrogens with one attached hydrogen (secondary N) is 2. The van der Waals surface area contributed by atoms with E-state index >= 15 is 0 Å². The Kier molecular flexibility index (Phi) is 9.33. The first kappa shape index (κ1) is 20.0. The SMILES string of the molecule is COCCNCC(=O)Nc1ccc(OC2CCCC2)c(Cl)c1.Cl. The van der Waals surface area contributed by atoms with E-state index in [1.54, 1.807) is 13.2 Å². The standard InChI is InChI=1S/C16H23ClN2O3.ClH/c1-21-9-8-18-11-16(20)19-12-6-7-15(14(17)10-12)22-13-4-2-3-5-13;/h6-7,10,13,18H,2-5,8-9,11H2,1H3,(H,19,20);1H. The molecule has 130 valence electrons. The fraction of sp³-hybridized carbons (Fsp3) is 0.562. The maximum Gasteiger partial charge on any atom is 0.238 e. The topological polar surface area (TPSA) is 59.6 Å². The second kappa shape index (κ2) is 10.7. The first-order valence-electron chi connectivity index (χ1n) is 7.65. The number of methoxy groups -OCH3 is 1. The molecule has 1 amide bonds. The number of ether oxygens (including phenoxy) is 2. The van der Waals surface area contributed by atoms with Gasteiger partial charge in [0.05, 0.1) is 24.3 Å². The smallest absolute Gasteiger partial charge is 0.238 e. The highest BCUT2D eigenvalue weighted by Crippen LogP contribution is 2.31. The van der Waals surface area contributed by atoms with E-state index in [4.69, 9.17) is 21.1 Å². The van der Waals surface area contributed by atoms with Gasteiger partial charge in [-0.05, 0) is 43.9 Å². The minimum atomic E-state index is -0.114. The second-order valence-electron chi connectivity index (χ2n) is 5.39. The highest BCUT2D eigenvalue weighted by atomic mass is 35.5. The number of hydrogen-bond donors (Lipinski definition) is 2. The zero-order chi connectivity index (χ0) is 15.8. The third-order valence-corrected chi connectivity index (χ3v) is 3.88. The van der Waals surface area contributed by atoms with Crippen LogP contribution in [0.5, 0.6) is 5.75 Å². The summed E-state index contributed by atoms with van der Waals surface area (Å²) in [5.74, 6) is 0.571. The van der Waals surface area contributed by atoms with Gasteiger partial charge in [0.1, 0.15) is 5.75 Å². The first-order valence-corrected chi connectivity index (χ1v) is 8.02. The van der Waals surface area contributed by atoms with E-state index in [2.05, 4.69) is 10.6 Å². The van der Waals surface area contributed by atoms with E-state index in [0.29, 0.717) is 29.6 Å². The van der Waals surface area contributed by atoms with Gasteiger partial charge in [-0.25, -0.2) is 0 Å². The van der Waals surface area contributed by atoms with Crippen molar-refractivity contribution >= 4 is 35.6 Å². The lowest BCUT2D eigenvalue weighted by atomic mass is 10.2. The van der Waals surface area contributed by atoms with E-state index in [1.165, 1.54) is 12.8 Å². The van der Waals surface area contributed by atoms with Gasteiger partial charge < -0.3 is 20.1 Å². The normalized spacial score (nSPS) is 14.3. The molecule has 0 saturated heterocycles. The van der Waals surface area contributed by atoms with Crippen LogP contribution in [0.1, 0.15) is 25.7 Å². The maximum absolute atomic E-state index is 11.8. The van der Waals surface area contributed by atoms with Gasteiger partial charge in [-0.1, -0.05) is 11.6 Å². The monoisotopic (exact) mass is 362 g/mol. The minimum Gasteiger partial charge on any atom is -0.489 e. The third kappa shape index (κ3) is 6.96. The predicted octanol–water partition coefficient (Wildman–Crippen LogP) is 3.26. The van der Waals surface area contributed by atoms with Gasteiger partial charge in [0.25, 0.3) is 0 Å². The van der Waals surface area contributed by atoms with Crippen LogP contribution in [0.25, 0.3) is 0 Å². The summed E-state index contributed by atoms with van der Waals surface area (Å²) >= 11 is 6.23. The zero-order valence-electron chi connectivity index (χ0n) is 13.3. The number of carbonyl (C=O) groups excluding carboxylic acids is 1. The van der Waals surface area contributed by atoms with Crippen LogP contribution in [-0.4, -0.2) is 38.8 Å². The third-order valence-electron chi connectivity index (χ3n) is 3.58. The molecule has 1 aromatic carbocycles. The number of hydrogen-bond acceptors (Lipinski definition) is 4. The van der Waals surface area contributed by atoms with Crippen molar-refractivity contribution < 1.29 is 14.3 Å². The molecule has 1 fully saturated rings. The molecule has 0 aromatic heterocycles. The van der Waals surface area contributed by atoms with Crippen LogP contribution in [0.2, 0.25) is 5.02 Å². The summed E-state index contributed by atoms with van der Waals surface area (Å²) in [6, 6.07) is 5.34. The Morgan fingerprint density at radius 3 is 2.74 bits per heavy atom. The Balaban J connectivity index is 0.00000264. The molecule has 23 heavy (non-hydrogen) atoms. The molecule has 1 aromatic rings. The number of carbonyl (C=O) groups is 1. The van der Waals surface area contributed by atoms with Crippen molar-refractivity contribution in [2.24, 2.45) is 0 Å². The van der Waals surface area contributed by atoms with Crippen LogP contribution < -0.4 is 15.4 Å². The van der Waals surface area contributed by atoms with Crippen LogP contribution in [0.3, 0.4) is 0 Å². The Morgan fingerprint density at radius 1 is 1.35 bits per heavy atom. The van der Waals surface area contributed by atoms with Crippen molar-refractivity contribution in [2.75, 3.05) is 32.1 Å². The van der Waals surface area contributed by atoms with Crippen LogP contribution >= 0.6 is 24.0 Å². The summed E-state index contributed by atoms with van der Waals surface area (Å²) in [4.78, 5) is 11.8. The number of amides is 1. The average molecular weight is 363 g/mol. The van der Waals surface area contributed by atoms with Gasteiger partial charge in [-0.15, -0.1) is 12.4 Å². The van der Waals surface area contributed by atoms with E-state index < -0.39 is 0 Å². The molecule has 5 nitrogen and oxygen atoms in total. The summed E-state index contributed by atoms with van der Waals surface area (Å²) in [5.41, 5.74) is 0.669. The van der Waals surface area contributed by atoms with Crippen molar-refractivity contribution in [3.05, 3.63) is 23.2 Å². The van der Waals surface area contributed by atoms with Gasteiger partial charge in [0.2, 0.25) is 5.91 Å². The van der Waals surface area contributed by atoms with Crippen molar-refractivity contribution in [3.8, 4) is 5.75 Å². The van der Waals surface area contributed by atoms with Crippen LogP contribution in [-0.2, 0) is 9.53 Å². The molecule has 0 aliphatic heterocycles. The maximum atomic E-state index is 11.8. The van der Waals surface area contributed by atoms with E-state index in [1.807, 2.05) is 12.1 Å².